The van der Waals surface area contributed by atoms with E-state index in [1.165, 1.54) is 19.3 Å². The lowest BCUT2D eigenvalue weighted by atomic mass is 9.49. The first kappa shape index (κ1) is 20.4. The Morgan fingerprint density at radius 2 is 1.69 bits per heavy atom. The molecule has 0 aromatic heterocycles. The van der Waals surface area contributed by atoms with Crippen molar-refractivity contribution in [2.75, 3.05) is 19.8 Å². The zero-order valence-corrected chi connectivity index (χ0v) is 19.0. The van der Waals surface area contributed by atoms with Crippen LogP contribution in [0.1, 0.15) is 69.9 Å². The van der Waals surface area contributed by atoms with E-state index < -0.39 is 0 Å². The highest BCUT2D eigenvalue weighted by Crippen LogP contribution is 2.60. The summed E-state index contributed by atoms with van der Waals surface area (Å²) in [5, 5.41) is 3.17. The van der Waals surface area contributed by atoms with Crippen molar-refractivity contribution < 1.29 is 19.1 Å². The summed E-state index contributed by atoms with van der Waals surface area (Å²) in [6.07, 6.45) is 8.80. The Kier molecular flexibility index (Phi) is 4.88. The molecule has 2 amide bonds. The Labute approximate surface area is 190 Å². The van der Waals surface area contributed by atoms with Gasteiger partial charge in [0.2, 0.25) is 11.8 Å². The van der Waals surface area contributed by atoms with Gasteiger partial charge in [-0.05, 0) is 93.7 Å². The van der Waals surface area contributed by atoms with Gasteiger partial charge < -0.3 is 19.7 Å². The summed E-state index contributed by atoms with van der Waals surface area (Å²) in [7, 11) is 0. The number of nitrogens with zero attached hydrogens (tertiary/aromatic N) is 1. The normalized spacial score (nSPS) is 35.6. The second-order valence-corrected chi connectivity index (χ2v) is 11.0. The molecule has 172 valence electrons. The molecule has 7 rings (SSSR count). The lowest BCUT2D eigenvalue weighted by molar-refractivity contribution is -0.160. The van der Waals surface area contributed by atoms with E-state index in [1.54, 1.807) is 0 Å². The van der Waals surface area contributed by atoms with Gasteiger partial charge in [-0.25, -0.2) is 0 Å². The molecular weight excluding hydrogens is 404 g/mol. The van der Waals surface area contributed by atoms with Crippen LogP contribution in [0.4, 0.5) is 0 Å². The second-order valence-electron chi connectivity index (χ2n) is 11.0. The summed E-state index contributed by atoms with van der Waals surface area (Å²) in [6, 6.07) is 5.34. The van der Waals surface area contributed by atoms with E-state index in [9.17, 15) is 9.59 Å². The molecule has 1 saturated heterocycles. The van der Waals surface area contributed by atoms with Gasteiger partial charge in [-0.15, -0.1) is 0 Å². The van der Waals surface area contributed by atoms with Crippen LogP contribution in [0.5, 0.6) is 11.5 Å². The number of fused-ring (bicyclic) bond motifs is 1. The molecule has 2 unspecified atom stereocenters. The number of hydrogen-bond acceptors (Lipinski definition) is 4. The average molecular weight is 439 g/mol. The topological polar surface area (TPSA) is 67.9 Å². The van der Waals surface area contributed by atoms with E-state index in [4.69, 9.17) is 9.47 Å². The van der Waals surface area contributed by atoms with Crippen LogP contribution in [0, 0.1) is 23.2 Å². The zero-order valence-electron chi connectivity index (χ0n) is 19.0. The molecule has 2 atom stereocenters. The first-order valence-corrected chi connectivity index (χ1v) is 12.5. The molecule has 0 spiro atoms. The van der Waals surface area contributed by atoms with E-state index in [0.717, 1.165) is 73.5 Å². The molecule has 0 radical (unpaired) electrons. The molecule has 6 nitrogen and oxygen atoms in total. The lowest BCUT2D eigenvalue weighted by Gasteiger charge is -2.56. The summed E-state index contributed by atoms with van der Waals surface area (Å²) in [6.45, 7) is 3.81. The summed E-state index contributed by atoms with van der Waals surface area (Å²) < 4.78 is 11.3. The van der Waals surface area contributed by atoms with E-state index in [-0.39, 0.29) is 29.3 Å². The predicted octanol–water partition coefficient (Wildman–Crippen LogP) is 3.84. The van der Waals surface area contributed by atoms with Crippen molar-refractivity contribution in [3.8, 4) is 11.5 Å². The van der Waals surface area contributed by atoms with Crippen LogP contribution in [-0.4, -0.2) is 42.5 Å². The van der Waals surface area contributed by atoms with Gasteiger partial charge in [-0.3, -0.25) is 9.59 Å². The maximum absolute atomic E-state index is 13.8. The number of hydrogen-bond donors (Lipinski definition) is 1. The molecule has 6 heteroatoms. The predicted molar refractivity (Wildman–Crippen MR) is 119 cm³/mol. The molecule has 4 bridgehead atoms. The lowest BCUT2D eigenvalue weighted by Crippen LogP contribution is -2.57. The van der Waals surface area contributed by atoms with Crippen LogP contribution in [0.25, 0.3) is 0 Å². The highest BCUT2D eigenvalue weighted by molar-refractivity contribution is 5.91. The van der Waals surface area contributed by atoms with Gasteiger partial charge in [-0.1, -0.05) is 6.07 Å². The Morgan fingerprint density at radius 1 is 1.03 bits per heavy atom. The fourth-order valence-corrected chi connectivity index (χ4v) is 7.68. The third-order valence-corrected chi connectivity index (χ3v) is 8.73. The summed E-state index contributed by atoms with van der Waals surface area (Å²) >= 11 is 0. The van der Waals surface area contributed by atoms with Crippen LogP contribution in [0.2, 0.25) is 0 Å². The molecule has 1 aromatic rings. The van der Waals surface area contributed by atoms with Crippen molar-refractivity contribution in [1.82, 2.24) is 10.2 Å². The third-order valence-electron chi connectivity index (χ3n) is 8.73. The van der Waals surface area contributed by atoms with E-state index in [0.29, 0.717) is 13.2 Å². The minimum absolute atomic E-state index is 0.0250. The van der Waals surface area contributed by atoms with Crippen LogP contribution < -0.4 is 14.8 Å². The Morgan fingerprint density at radius 3 is 2.38 bits per heavy atom. The number of benzene rings is 1. The van der Waals surface area contributed by atoms with Crippen LogP contribution in [0.15, 0.2) is 18.2 Å². The number of carbonyl (C=O) groups excluding carboxylic acids is 2. The first-order valence-electron chi connectivity index (χ1n) is 12.5. The van der Waals surface area contributed by atoms with Gasteiger partial charge in [0.1, 0.15) is 19.3 Å². The highest BCUT2D eigenvalue weighted by atomic mass is 16.6. The van der Waals surface area contributed by atoms with Crippen molar-refractivity contribution in [1.29, 1.82) is 0 Å². The Bertz CT molecular complexity index is 893. The maximum atomic E-state index is 13.8. The van der Waals surface area contributed by atoms with Crippen molar-refractivity contribution in [3.63, 3.8) is 0 Å². The van der Waals surface area contributed by atoms with Gasteiger partial charge in [0.25, 0.3) is 0 Å². The third kappa shape index (κ3) is 3.37. The number of ether oxygens (including phenoxy) is 2. The summed E-state index contributed by atoms with van der Waals surface area (Å²) in [5.41, 5.74) is 0.804. The van der Waals surface area contributed by atoms with E-state index in [1.807, 2.05) is 30.0 Å². The van der Waals surface area contributed by atoms with Crippen molar-refractivity contribution >= 4 is 11.8 Å². The zero-order chi connectivity index (χ0) is 21.9. The quantitative estimate of drug-likeness (QED) is 0.776. The molecule has 2 heterocycles. The standard InChI is InChI=1S/C26H34N2O4/c1-16(20-4-5-22-23(12-20)32-8-7-31-22)27-24(29)21-3-2-6-28(21)25(30)26-13-17-9-18(14-26)11-19(10-17)15-26/h4-5,12,16-19,21H,2-3,6-11,13-15H2,1H3,(H,27,29). The smallest absolute Gasteiger partial charge is 0.243 e. The minimum Gasteiger partial charge on any atom is -0.486 e. The van der Waals surface area contributed by atoms with Gasteiger partial charge in [0, 0.05) is 6.54 Å². The van der Waals surface area contributed by atoms with Crippen molar-refractivity contribution in [3.05, 3.63) is 23.8 Å². The van der Waals surface area contributed by atoms with E-state index >= 15 is 0 Å². The number of carbonyl (C=O) groups is 2. The van der Waals surface area contributed by atoms with Gasteiger partial charge in [0.05, 0.1) is 11.5 Å². The van der Waals surface area contributed by atoms with Crippen molar-refractivity contribution in [2.24, 2.45) is 23.2 Å². The minimum atomic E-state index is -0.338. The molecule has 1 aromatic carbocycles. The van der Waals surface area contributed by atoms with Crippen molar-refractivity contribution in [2.45, 2.75) is 70.4 Å². The fourth-order valence-electron chi connectivity index (χ4n) is 7.68. The number of likely N-dealkylation sites (tertiary alicyclic amines) is 1. The molecule has 1 N–H and O–H groups in total. The molecule has 2 aliphatic heterocycles. The first-order chi connectivity index (χ1) is 15.5. The number of amides is 2. The maximum Gasteiger partial charge on any atom is 0.243 e. The molecule has 32 heavy (non-hydrogen) atoms. The van der Waals surface area contributed by atoms with Crippen LogP contribution in [-0.2, 0) is 9.59 Å². The SMILES string of the molecule is CC(NC(=O)C1CCCN1C(=O)C12CC3CC(CC(C3)C1)C2)c1ccc2c(c1)OCCO2. The van der Waals surface area contributed by atoms with Gasteiger partial charge >= 0.3 is 0 Å². The van der Waals surface area contributed by atoms with Crippen LogP contribution >= 0.6 is 0 Å². The van der Waals surface area contributed by atoms with Gasteiger partial charge in [-0.2, -0.15) is 0 Å². The molecule has 4 aliphatic carbocycles. The second kappa shape index (κ2) is 7.67. The van der Waals surface area contributed by atoms with Crippen LogP contribution in [0.3, 0.4) is 0 Å². The highest BCUT2D eigenvalue weighted by Gasteiger charge is 2.56. The Balaban J connectivity index is 1.15. The Hall–Kier alpha value is -2.24. The molecule has 4 saturated carbocycles. The number of nitrogens with one attached hydrogen (secondary N) is 1. The summed E-state index contributed by atoms with van der Waals surface area (Å²) in [5.74, 6) is 3.93. The number of rotatable bonds is 4. The van der Waals surface area contributed by atoms with Gasteiger partial charge in [0.15, 0.2) is 11.5 Å². The molecule has 5 fully saturated rings. The largest absolute Gasteiger partial charge is 0.486 e. The summed E-state index contributed by atoms with van der Waals surface area (Å²) in [4.78, 5) is 29.1. The molecular formula is C26H34N2O4. The average Bonchev–Trinajstić information content (AvgIpc) is 3.27. The monoisotopic (exact) mass is 438 g/mol. The van der Waals surface area contributed by atoms with E-state index in [2.05, 4.69) is 5.32 Å². The fraction of sp³-hybridized carbons (Fsp3) is 0.692. The molecule has 6 aliphatic rings.